The van der Waals surface area contributed by atoms with Crippen LogP contribution in [-0.4, -0.2) is 16.1 Å². The minimum absolute atomic E-state index is 0.440. The average Bonchev–Trinajstić information content (AvgIpc) is 3.28. The van der Waals surface area contributed by atoms with Gasteiger partial charge in [-0.2, -0.15) is 4.37 Å². The lowest BCUT2D eigenvalue weighted by Gasteiger charge is -2.10. The van der Waals surface area contributed by atoms with Crippen LogP contribution < -0.4 is 4.74 Å². The summed E-state index contributed by atoms with van der Waals surface area (Å²) in [7, 11) is 1.69. The number of ether oxygens (including phenoxy) is 1. The maximum absolute atomic E-state index is 5.26. The van der Waals surface area contributed by atoms with E-state index in [9.17, 15) is 0 Å². The number of fused-ring (bicyclic) bond motifs is 1. The summed E-state index contributed by atoms with van der Waals surface area (Å²) >= 11 is 1.54. The van der Waals surface area contributed by atoms with Crippen molar-refractivity contribution in [3.63, 3.8) is 0 Å². The van der Waals surface area contributed by atoms with Gasteiger partial charge in [-0.1, -0.05) is 24.3 Å². The van der Waals surface area contributed by atoms with Crippen LogP contribution in [0, 0.1) is 0 Å². The molecule has 0 unspecified atom stereocenters. The standard InChI is InChI=1S/C21H20N2OS/c1-14(2)23-11-10-16-4-5-17(12-20(16)23)21-19(13-22-25-21)15-6-8-18(24-3)9-7-15/h4-14H,1-3H3. The molecule has 0 bridgehead atoms. The number of methoxy groups -OCH3 is 1. The fourth-order valence-corrected chi connectivity index (χ4v) is 3.93. The molecule has 25 heavy (non-hydrogen) atoms. The number of benzene rings is 2. The van der Waals surface area contributed by atoms with Crippen molar-refractivity contribution in [3.05, 3.63) is 60.9 Å². The molecule has 0 amide bonds. The van der Waals surface area contributed by atoms with E-state index in [-0.39, 0.29) is 0 Å². The fourth-order valence-electron chi connectivity index (χ4n) is 3.16. The second-order valence-electron chi connectivity index (χ2n) is 6.39. The third-order valence-corrected chi connectivity index (χ3v) is 5.36. The quantitative estimate of drug-likeness (QED) is 0.451. The topological polar surface area (TPSA) is 27.1 Å². The average molecular weight is 348 g/mol. The van der Waals surface area contributed by atoms with Crippen molar-refractivity contribution in [2.24, 2.45) is 0 Å². The van der Waals surface area contributed by atoms with Crippen molar-refractivity contribution in [2.75, 3.05) is 7.11 Å². The van der Waals surface area contributed by atoms with Crippen LogP contribution in [0.4, 0.5) is 0 Å². The molecule has 4 aromatic rings. The highest BCUT2D eigenvalue weighted by Gasteiger charge is 2.13. The Balaban J connectivity index is 1.81. The van der Waals surface area contributed by atoms with Crippen LogP contribution in [0.25, 0.3) is 32.5 Å². The summed E-state index contributed by atoms with van der Waals surface area (Å²) in [4.78, 5) is 1.20. The van der Waals surface area contributed by atoms with Gasteiger partial charge in [-0.3, -0.25) is 0 Å². The highest BCUT2D eigenvalue weighted by atomic mass is 32.1. The molecule has 0 aliphatic rings. The van der Waals surface area contributed by atoms with Crippen molar-refractivity contribution in [2.45, 2.75) is 19.9 Å². The highest BCUT2D eigenvalue weighted by molar-refractivity contribution is 7.10. The third-order valence-electron chi connectivity index (χ3n) is 4.51. The van der Waals surface area contributed by atoms with Crippen LogP contribution >= 0.6 is 11.5 Å². The minimum atomic E-state index is 0.440. The first kappa shape index (κ1) is 15.9. The van der Waals surface area contributed by atoms with Crippen LogP contribution in [0.5, 0.6) is 5.75 Å². The van der Waals surface area contributed by atoms with Gasteiger partial charge in [0.25, 0.3) is 0 Å². The van der Waals surface area contributed by atoms with E-state index in [0.29, 0.717) is 6.04 Å². The molecule has 2 heterocycles. The Morgan fingerprint density at radius 3 is 2.48 bits per heavy atom. The van der Waals surface area contributed by atoms with E-state index in [1.165, 1.54) is 21.3 Å². The zero-order valence-corrected chi connectivity index (χ0v) is 15.4. The molecule has 2 aromatic heterocycles. The third kappa shape index (κ3) is 2.83. The molecule has 0 fully saturated rings. The van der Waals surface area contributed by atoms with Crippen molar-refractivity contribution in [1.29, 1.82) is 0 Å². The van der Waals surface area contributed by atoms with E-state index in [4.69, 9.17) is 4.74 Å². The Bertz CT molecular complexity index is 1010. The molecule has 4 heteroatoms. The van der Waals surface area contributed by atoms with Crippen molar-refractivity contribution < 1.29 is 4.74 Å². The van der Waals surface area contributed by atoms with Crippen LogP contribution in [0.1, 0.15) is 19.9 Å². The second kappa shape index (κ2) is 6.37. The maximum Gasteiger partial charge on any atom is 0.118 e. The first-order valence-electron chi connectivity index (χ1n) is 8.37. The Kier molecular flexibility index (Phi) is 4.06. The lowest BCUT2D eigenvalue weighted by molar-refractivity contribution is 0.415. The zero-order valence-electron chi connectivity index (χ0n) is 14.6. The van der Waals surface area contributed by atoms with Gasteiger partial charge in [-0.05, 0) is 66.2 Å². The largest absolute Gasteiger partial charge is 0.497 e. The summed E-state index contributed by atoms with van der Waals surface area (Å²) in [5.41, 5.74) is 4.79. The van der Waals surface area contributed by atoms with Gasteiger partial charge >= 0.3 is 0 Å². The van der Waals surface area contributed by atoms with Gasteiger partial charge in [-0.15, -0.1) is 0 Å². The highest BCUT2D eigenvalue weighted by Crippen LogP contribution is 2.37. The lowest BCUT2D eigenvalue weighted by atomic mass is 10.0. The Morgan fingerprint density at radius 1 is 1.00 bits per heavy atom. The summed E-state index contributed by atoms with van der Waals surface area (Å²) in [6.07, 6.45) is 4.11. The van der Waals surface area contributed by atoms with Crippen LogP contribution in [0.15, 0.2) is 60.9 Å². The van der Waals surface area contributed by atoms with E-state index >= 15 is 0 Å². The van der Waals surface area contributed by atoms with E-state index in [1.54, 1.807) is 18.6 Å². The summed E-state index contributed by atoms with van der Waals surface area (Å²) in [5.74, 6) is 0.865. The molecule has 0 aliphatic heterocycles. The number of aromatic nitrogens is 2. The normalized spacial score (nSPS) is 11.4. The SMILES string of the molecule is COc1ccc(-c2cnsc2-c2ccc3ccn(C(C)C)c3c2)cc1. The number of rotatable bonds is 4. The monoisotopic (exact) mass is 348 g/mol. The predicted molar refractivity (Wildman–Crippen MR) is 105 cm³/mol. The number of hydrogen-bond donors (Lipinski definition) is 0. The van der Waals surface area contributed by atoms with E-state index in [0.717, 1.165) is 16.9 Å². The molecule has 0 radical (unpaired) electrons. The summed E-state index contributed by atoms with van der Waals surface area (Å²) in [6, 6.07) is 17.4. The summed E-state index contributed by atoms with van der Waals surface area (Å²) < 4.78 is 12.0. The van der Waals surface area contributed by atoms with Crippen molar-refractivity contribution >= 4 is 22.4 Å². The zero-order chi connectivity index (χ0) is 17.4. The smallest absolute Gasteiger partial charge is 0.118 e. The molecule has 0 spiro atoms. The fraction of sp³-hybridized carbons (Fsp3) is 0.190. The number of hydrogen-bond acceptors (Lipinski definition) is 3. The molecular formula is C21H20N2OS. The van der Waals surface area contributed by atoms with Gasteiger partial charge in [0.1, 0.15) is 5.75 Å². The number of nitrogens with zero attached hydrogens (tertiary/aromatic N) is 2. The van der Waals surface area contributed by atoms with Gasteiger partial charge in [0.15, 0.2) is 0 Å². The molecule has 0 saturated carbocycles. The molecule has 126 valence electrons. The molecule has 0 aliphatic carbocycles. The molecular weight excluding hydrogens is 328 g/mol. The lowest BCUT2D eigenvalue weighted by Crippen LogP contribution is -1.97. The van der Waals surface area contributed by atoms with Gasteiger partial charge in [0.05, 0.1) is 12.0 Å². The van der Waals surface area contributed by atoms with Crippen molar-refractivity contribution in [1.82, 2.24) is 8.94 Å². The van der Waals surface area contributed by atoms with E-state index in [2.05, 4.69) is 65.4 Å². The van der Waals surface area contributed by atoms with Gasteiger partial charge in [0.2, 0.25) is 0 Å². The molecule has 0 atom stereocenters. The Morgan fingerprint density at radius 2 is 1.76 bits per heavy atom. The van der Waals surface area contributed by atoms with Gasteiger partial charge in [-0.25, -0.2) is 0 Å². The first-order chi connectivity index (χ1) is 12.2. The maximum atomic E-state index is 5.26. The van der Waals surface area contributed by atoms with Crippen LogP contribution in [-0.2, 0) is 0 Å². The molecule has 4 rings (SSSR count). The summed E-state index contributed by atoms with van der Waals surface area (Å²) in [5, 5.41) is 1.27. The predicted octanol–water partition coefficient (Wildman–Crippen LogP) is 6.02. The summed E-state index contributed by atoms with van der Waals surface area (Å²) in [6.45, 7) is 4.42. The van der Waals surface area contributed by atoms with Crippen LogP contribution in [0.2, 0.25) is 0 Å². The van der Waals surface area contributed by atoms with E-state index < -0.39 is 0 Å². The molecule has 0 saturated heterocycles. The first-order valence-corrected chi connectivity index (χ1v) is 9.15. The second-order valence-corrected chi connectivity index (χ2v) is 7.19. The minimum Gasteiger partial charge on any atom is -0.497 e. The van der Waals surface area contributed by atoms with Gasteiger partial charge < -0.3 is 9.30 Å². The van der Waals surface area contributed by atoms with E-state index in [1.807, 2.05) is 18.3 Å². The molecule has 0 N–H and O–H groups in total. The molecule has 3 nitrogen and oxygen atoms in total. The Hall–Kier alpha value is -2.59. The Labute approximate surface area is 151 Å². The van der Waals surface area contributed by atoms with Crippen LogP contribution in [0.3, 0.4) is 0 Å². The van der Waals surface area contributed by atoms with Crippen molar-refractivity contribution in [3.8, 4) is 27.3 Å². The van der Waals surface area contributed by atoms with Gasteiger partial charge in [0, 0.05) is 29.5 Å². The molecule has 2 aromatic carbocycles.